The third-order valence-electron chi connectivity index (χ3n) is 3.55. The van der Waals surface area contributed by atoms with Crippen LogP contribution < -0.4 is 15.5 Å². The summed E-state index contributed by atoms with van der Waals surface area (Å²) in [5.41, 5.74) is 4.16. The van der Waals surface area contributed by atoms with Crippen LogP contribution >= 0.6 is 0 Å². The summed E-state index contributed by atoms with van der Waals surface area (Å²) in [6, 6.07) is 15.7. The van der Waals surface area contributed by atoms with E-state index in [9.17, 15) is 4.79 Å². The van der Waals surface area contributed by atoms with Crippen molar-refractivity contribution >= 4 is 17.4 Å². The van der Waals surface area contributed by atoms with Crippen molar-refractivity contribution in [2.45, 2.75) is 20.4 Å². The summed E-state index contributed by atoms with van der Waals surface area (Å²) in [5.74, 6) is 0. The number of rotatable bonds is 5. The Bertz CT molecular complexity index is 640. The first-order valence-corrected chi connectivity index (χ1v) is 7.50. The molecule has 4 heteroatoms. The van der Waals surface area contributed by atoms with E-state index in [1.165, 1.54) is 5.56 Å². The maximum Gasteiger partial charge on any atom is 0.319 e. The van der Waals surface area contributed by atoms with Gasteiger partial charge in [-0.3, -0.25) is 0 Å². The molecule has 2 amide bonds. The molecule has 0 radical (unpaired) electrons. The highest BCUT2D eigenvalue weighted by molar-refractivity contribution is 5.89. The zero-order chi connectivity index (χ0) is 15.9. The number of carbonyl (C=O) groups is 1. The second-order valence-electron chi connectivity index (χ2n) is 5.36. The van der Waals surface area contributed by atoms with E-state index in [0.717, 1.165) is 23.5 Å². The van der Waals surface area contributed by atoms with Gasteiger partial charge in [0, 0.05) is 31.5 Å². The quantitative estimate of drug-likeness (QED) is 0.882. The molecule has 0 saturated heterocycles. The van der Waals surface area contributed by atoms with Gasteiger partial charge in [0.25, 0.3) is 0 Å². The van der Waals surface area contributed by atoms with Crippen LogP contribution in [0.2, 0.25) is 0 Å². The van der Waals surface area contributed by atoms with Crippen molar-refractivity contribution in [1.29, 1.82) is 0 Å². The van der Waals surface area contributed by atoms with Gasteiger partial charge in [-0.15, -0.1) is 0 Å². The molecule has 4 nitrogen and oxygen atoms in total. The molecule has 2 N–H and O–H groups in total. The van der Waals surface area contributed by atoms with Crippen LogP contribution in [-0.4, -0.2) is 19.6 Å². The molecule has 0 aliphatic carbocycles. The van der Waals surface area contributed by atoms with E-state index < -0.39 is 0 Å². The fourth-order valence-corrected chi connectivity index (χ4v) is 2.18. The molecule has 0 bridgehead atoms. The average molecular weight is 297 g/mol. The van der Waals surface area contributed by atoms with Gasteiger partial charge in [-0.2, -0.15) is 0 Å². The van der Waals surface area contributed by atoms with Crippen LogP contribution in [-0.2, 0) is 6.54 Å². The topological polar surface area (TPSA) is 44.4 Å². The third kappa shape index (κ3) is 4.52. The summed E-state index contributed by atoms with van der Waals surface area (Å²) in [6.07, 6.45) is 0. The molecule has 22 heavy (non-hydrogen) atoms. The number of hydrogen-bond donors (Lipinski definition) is 2. The number of urea groups is 1. The van der Waals surface area contributed by atoms with Crippen molar-refractivity contribution in [1.82, 2.24) is 5.32 Å². The molecule has 0 spiro atoms. The zero-order valence-corrected chi connectivity index (χ0v) is 13.4. The Hall–Kier alpha value is -2.49. The van der Waals surface area contributed by atoms with Crippen molar-refractivity contribution < 1.29 is 4.79 Å². The van der Waals surface area contributed by atoms with Gasteiger partial charge in [0.1, 0.15) is 0 Å². The first-order chi connectivity index (χ1) is 10.6. The normalized spacial score (nSPS) is 10.1. The number of amides is 2. The lowest BCUT2D eigenvalue weighted by atomic mass is 10.1. The van der Waals surface area contributed by atoms with Crippen LogP contribution in [0.1, 0.15) is 18.1 Å². The van der Waals surface area contributed by atoms with Gasteiger partial charge in [-0.25, -0.2) is 4.79 Å². The number of carbonyl (C=O) groups excluding carboxylic acids is 1. The van der Waals surface area contributed by atoms with Crippen LogP contribution in [0.5, 0.6) is 0 Å². The van der Waals surface area contributed by atoms with Crippen LogP contribution in [0, 0.1) is 6.92 Å². The average Bonchev–Trinajstić information content (AvgIpc) is 2.52. The largest absolute Gasteiger partial charge is 0.375 e. The minimum atomic E-state index is -0.196. The molecule has 0 unspecified atom stereocenters. The Morgan fingerprint density at radius 2 is 1.91 bits per heavy atom. The van der Waals surface area contributed by atoms with Crippen molar-refractivity contribution in [3.8, 4) is 0 Å². The minimum absolute atomic E-state index is 0.196. The molecule has 0 aliphatic heterocycles. The molecule has 2 aromatic rings. The maximum atomic E-state index is 12.0. The maximum absolute atomic E-state index is 12.0. The molecule has 0 aromatic heterocycles. The smallest absolute Gasteiger partial charge is 0.319 e. The molecule has 0 fully saturated rings. The zero-order valence-electron chi connectivity index (χ0n) is 13.4. The number of benzene rings is 2. The molecule has 0 aliphatic rings. The van der Waals surface area contributed by atoms with Crippen molar-refractivity contribution in [3.05, 3.63) is 59.7 Å². The van der Waals surface area contributed by atoms with E-state index in [0.29, 0.717) is 6.54 Å². The van der Waals surface area contributed by atoms with E-state index in [4.69, 9.17) is 0 Å². The lowest BCUT2D eigenvalue weighted by molar-refractivity contribution is 0.251. The van der Waals surface area contributed by atoms with E-state index in [-0.39, 0.29) is 6.03 Å². The summed E-state index contributed by atoms with van der Waals surface area (Å²) in [6.45, 7) is 5.57. The fourth-order valence-electron chi connectivity index (χ4n) is 2.18. The number of aryl methyl sites for hydroxylation is 1. The van der Waals surface area contributed by atoms with Gasteiger partial charge in [0.15, 0.2) is 0 Å². The summed E-state index contributed by atoms with van der Waals surface area (Å²) in [5, 5.41) is 5.74. The fraction of sp³-hybridized carbons (Fsp3) is 0.278. The second kappa shape index (κ2) is 7.50. The molecule has 116 valence electrons. The van der Waals surface area contributed by atoms with Crippen molar-refractivity contribution in [2.75, 3.05) is 23.8 Å². The highest BCUT2D eigenvalue weighted by atomic mass is 16.2. The Balaban J connectivity index is 1.92. The summed E-state index contributed by atoms with van der Waals surface area (Å²) in [4.78, 5) is 14.1. The van der Waals surface area contributed by atoms with Gasteiger partial charge >= 0.3 is 6.03 Å². The number of anilines is 2. The van der Waals surface area contributed by atoms with Gasteiger partial charge < -0.3 is 15.5 Å². The van der Waals surface area contributed by atoms with Crippen molar-refractivity contribution in [3.63, 3.8) is 0 Å². The Labute approximate surface area is 132 Å². The predicted molar refractivity (Wildman–Crippen MR) is 92.4 cm³/mol. The molecular formula is C18H23N3O. The summed E-state index contributed by atoms with van der Waals surface area (Å²) >= 11 is 0. The minimum Gasteiger partial charge on any atom is -0.375 e. The molecule has 0 atom stereocenters. The van der Waals surface area contributed by atoms with E-state index >= 15 is 0 Å². The molecule has 2 aromatic carbocycles. The van der Waals surface area contributed by atoms with Gasteiger partial charge in [-0.05, 0) is 37.6 Å². The second-order valence-corrected chi connectivity index (χ2v) is 5.36. The van der Waals surface area contributed by atoms with E-state index in [2.05, 4.69) is 28.5 Å². The third-order valence-corrected chi connectivity index (χ3v) is 3.55. The summed E-state index contributed by atoms with van der Waals surface area (Å²) in [7, 11) is 2.02. The first kappa shape index (κ1) is 15.9. The Kier molecular flexibility index (Phi) is 5.42. The molecule has 0 heterocycles. The van der Waals surface area contributed by atoms with Gasteiger partial charge in [-0.1, -0.05) is 35.9 Å². The molecular weight excluding hydrogens is 274 g/mol. The SMILES string of the molecule is CCN(C)c1cccc(NC(=O)NCc2cccc(C)c2)c1. The van der Waals surface area contributed by atoms with Crippen LogP contribution in [0.15, 0.2) is 48.5 Å². The number of nitrogens with one attached hydrogen (secondary N) is 2. The lowest BCUT2D eigenvalue weighted by Gasteiger charge is -2.17. The highest BCUT2D eigenvalue weighted by Crippen LogP contribution is 2.18. The molecule has 0 saturated carbocycles. The monoisotopic (exact) mass is 297 g/mol. The first-order valence-electron chi connectivity index (χ1n) is 7.50. The van der Waals surface area contributed by atoms with Crippen molar-refractivity contribution in [2.24, 2.45) is 0 Å². The highest BCUT2D eigenvalue weighted by Gasteiger charge is 2.04. The van der Waals surface area contributed by atoms with Gasteiger partial charge in [0.05, 0.1) is 0 Å². The predicted octanol–water partition coefficient (Wildman–Crippen LogP) is 3.77. The lowest BCUT2D eigenvalue weighted by Crippen LogP contribution is -2.28. The van der Waals surface area contributed by atoms with Crippen LogP contribution in [0.3, 0.4) is 0 Å². The van der Waals surface area contributed by atoms with Crippen LogP contribution in [0.4, 0.5) is 16.2 Å². The molecule has 2 rings (SSSR count). The summed E-state index contributed by atoms with van der Waals surface area (Å²) < 4.78 is 0. The van der Waals surface area contributed by atoms with Gasteiger partial charge in [0.2, 0.25) is 0 Å². The standard InChI is InChI=1S/C18H23N3O/c1-4-21(3)17-10-6-9-16(12-17)20-18(22)19-13-15-8-5-7-14(2)11-15/h5-12H,4,13H2,1-3H3,(H2,19,20,22). The Morgan fingerprint density at radius 1 is 1.14 bits per heavy atom. The number of nitrogens with zero attached hydrogens (tertiary/aromatic N) is 1. The number of hydrogen-bond acceptors (Lipinski definition) is 2. The van der Waals surface area contributed by atoms with E-state index in [1.54, 1.807) is 0 Å². The van der Waals surface area contributed by atoms with Crippen LogP contribution in [0.25, 0.3) is 0 Å². The van der Waals surface area contributed by atoms with E-state index in [1.807, 2.05) is 56.4 Å². The Morgan fingerprint density at radius 3 is 2.64 bits per heavy atom.